The molecule has 2 rings (SSSR count). The number of benzene rings is 1. The second kappa shape index (κ2) is 5.95. The van der Waals surface area contributed by atoms with E-state index in [1.165, 1.54) is 18.3 Å². The van der Waals surface area contributed by atoms with E-state index in [-0.39, 0.29) is 5.82 Å². The predicted octanol–water partition coefficient (Wildman–Crippen LogP) is 1.97. The number of halogens is 1. The lowest BCUT2D eigenvalue weighted by atomic mass is 10.1. The molecule has 0 aliphatic rings. The van der Waals surface area contributed by atoms with Gasteiger partial charge in [0.1, 0.15) is 11.6 Å². The Balaban J connectivity index is 1.87. The maximum absolute atomic E-state index is 13.0. The monoisotopic (exact) mass is 259 g/mol. The summed E-state index contributed by atoms with van der Waals surface area (Å²) in [5, 5.41) is 3.09. The van der Waals surface area contributed by atoms with Crippen molar-refractivity contribution in [3.63, 3.8) is 0 Å². The molecule has 1 aromatic heterocycles. The predicted molar refractivity (Wildman–Crippen MR) is 71.3 cm³/mol. The molecule has 0 spiro atoms. The zero-order chi connectivity index (χ0) is 13.7. The molecule has 0 aliphatic carbocycles. The summed E-state index contributed by atoms with van der Waals surface area (Å²) in [6.45, 7) is 0.631. The largest absolute Gasteiger partial charge is 0.370 e. The zero-order valence-corrected chi connectivity index (χ0v) is 10.3. The normalized spacial score (nSPS) is 10.2. The Bertz CT molecular complexity index is 569. The Kier molecular flexibility index (Phi) is 4.07. The quantitative estimate of drug-likeness (QED) is 0.862. The van der Waals surface area contributed by atoms with E-state index in [2.05, 4.69) is 10.3 Å². The molecule has 3 N–H and O–H groups in total. The van der Waals surface area contributed by atoms with E-state index >= 15 is 0 Å². The van der Waals surface area contributed by atoms with Gasteiger partial charge in [0.05, 0.1) is 5.56 Å². The number of anilines is 1. The molecule has 0 bridgehead atoms. The summed E-state index contributed by atoms with van der Waals surface area (Å²) in [7, 11) is 0. The van der Waals surface area contributed by atoms with Gasteiger partial charge >= 0.3 is 0 Å². The first-order valence-corrected chi connectivity index (χ1v) is 5.89. The molecule has 0 unspecified atom stereocenters. The Morgan fingerprint density at radius 1 is 1.32 bits per heavy atom. The zero-order valence-electron chi connectivity index (χ0n) is 10.3. The van der Waals surface area contributed by atoms with Gasteiger partial charge < -0.3 is 11.1 Å². The number of nitrogens with two attached hydrogens (primary N) is 1. The molecule has 0 fully saturated rings. The molecule has 1 amide bonds. The van der Waals surface area contributed by atoms with Gasteiger partial charge in [0, 0.05) is 12.7 Å². The van der Waals surface area contributed by atoms with Crippen molar-refractivity contribution in [1.82, 2.24) is 4.98 Å². The Hall–Kier alpha value is -2.43. The van der Waals surface area contributed by atoms with Crippen molar-refractivity contribution >= 4 is 11.7 Å². The number of primary amides is 1. The second-order valence-corrected chi connectivity index (χ2v) is 4.10. The second-order valence-electron chi connectivity index (χ2n) is 4.10. The van der Waals surface area contributed by atoms with Crippen molar-refractivity contribution in [3.05, 3.63) is 59.5 Å². The lowest BCUT2D eigenvalue weighted by Crippen LogP contribution is -2.12. The minimum absolute atomic E-state index is 0.235. The van der Waals surface area contributed by atoms with Crippen molar-refractivity contribution in [2.75, 3.05) is 11.9 Å². The highest BCUT2D eigenvalue weighted by Gasteiger charge is 2.01. The SMILES string of the molecule is NC(=O)c1ccc(NCCc2cccc(F)c2)nc1. The van der Waals surface area contributed by atoms with Crippen LogP contribution >= 0.6 is 0 Å². The summed E-state index contributed by atoms with van der Waals surface area (Å²) in [4.78, 5) is 14.9. The maximum Gasteiger partial charge on any atom is 0.250 e. The van der Waals surface area contributed by atoms with E-state index in [4.69, 9.17) is 5.73 Å². The highest BCUT2D eigenvalue weighted by atomic mass is 19.1. The molecular weight excluding hydrogens is 245 g/mol. The topological polar surface area (TPSA) is 68.0 Å². The van der Waals surface area contributed by atoms with Gasteiger partial charge in [-0.25, -0.2) is 9.37 Å². The molecule has 0 atom stereocenters. The number of pyridine rings is 1. The van der Waals surface area contributed by atoms with Crippen LogP contribution in [0.25, 0.3) is 0 Å². The number of carbonyl (C=O) groups excluding carboxylic acids is 1. The molecule has 19 heavy (non-hydrogen) atoms. The third-order valence-corrected chi connectivity index (χ3v) is 2.66. The highest BCUT2D eigenvalue weighted by molar-refractivity contribution is 5.92. The first kappa shape index (κ1) is 13.0. The Morgan fingerprint density at radius 2 is 2.16 bits per heavy atom. The van der Waals surface area contributed by atoms with Gasteiger partial charge in [-0.15, -0.1) is 0 Å². The van der Waals surface area contributed by atoms with Crippen LogP contribution in [0.2, 0.25) is 0 Å². The van der Waals surface area contributed by atoms with Crippen molar-refractivity contribution < 1.29 is 9.18 Å². The van der Waals surface area contributed by atoms with Crippen molar-refractivity contribution in [2.45, 2.75) is 6.42 Å². The molecule has 5 heteroatoms. The van der Waals surface area contributed by atoms with E-state index in [9.17, 15) is 9.18 Å². The fourth-order valence-electron chi connectivity index (χ4n) is 1.67. The van der Waals surface area contributed by atoms with Crippen LogP contribution in [0.3, 0.4) is 0 Å². The molecule has 4 nitrogen and oxygen atoms in total. The van der Waals surface area contributed by atoms with Gasteiger partial charge in [-0.05, 0) is 36.2 Å². The molecular formula is C14H14FN3O. The van der Waals surface area contributed by atoms with E-state index in [1.807, 2.05) is 6.07 Å². The van der Waals surface area contributed by atoms with Gasteiger partial charge in [-0.1, -0.05) is 12.1 Å². The highest BCUT2D eigenvalue weighted by Crippen LogP contribution is 2.07. The molecule has 2 aromatic rings. The lowest BCUT2D eigenvalue weighted by Gasteiger charge is -2.06. The first-order valence-electron chi connectivity index (χ1n) is 5.89. The minimum atomic E-state index is -0.501. The van der Waals surface area contributed by atoms with Gasteiger partial charge in [0.15, 0.2) is 0 Å². The van der Waals surface area contributed by atoms with Gasteiger partial charge in [-0.3, -0.25) is 4.79 Å². The average molecular weight is 259 g/mol. The van der Waals surface area contributed by atoms with Crippen LogP contribution in [-0.4, -0.2) is 17.4 Å². The van der Waals surface area contributed by atoms with Crippen LogP contribution in [0.4, 0.5) is 10.2 Å². The number of nitrogens with one attached hydrogen (secondary N) is 1. The number of rotatable bonds is 5. The third kappa shape index (κ3) is 3.77. The van der Waals surface area contributed by atoms with Gasteiger partial charge in [0.2, 0.25) is 5.91 Å². The smallest absolute Gasteiger partial charge is 0.250 e. The first-order chi connectivity index (χ1) is 9.15. The van der Waals surface area contributed by atoms with Gasteiger partial charge in [0.25, 0.3) is 0 Å². The minimum Gasteiger partial charge on any atom is -0.370 e. The maximum atomic E-state index is 13.0. The Labute approximate surface area is 110 Å². The number of hydrogen-bond donors (Lipinski definition) is 2. The van der Waals surface area contributed by atoms with E-state index in [0.29, 0.717) is 24.3 Å². The molecule has 0 aliphatic heterocycles. The van der Waals surface area contributed by atoms with Crippen molar-refractivity contribution in [3.8, 4) is 0 Å². The number of aromatic nitrogens is 1. The summed E-state index contributed by atoms with van der Waals surface area (Å²) >= 11 is 0. The van der Waals surface area contributed by atoms with Crippen LogP contribution in [-0.2, 0) is 6.42 Å². The molecule has 1 heterocycles. The summed E-state index contributed by atoms with van der Waals surface area (Å²) in [5.41, 5.74) is 6.41. The van der Waals surface area contributed by atoms with Crippen LogP contribution in [0, 0.1) is 5.82 Å². The van der Waals surface area contributed by atoms with Crippen LogP contribution in [0.5, 0.6) is 0 Å². The summed E-state index contributed by atoms with van der Waals surface area (Å²) in [5.74, 6) is -0.0818. The van der Waals surface area contributed by atoms with E-state index < -0.39 is 5.91 Å². The number of nitrogens with zero attached hydrogens (tertiary/aromatic N) is 1. The fraction of sp³-hybridized carbons (Fsp3) is 0.143. The molecule has 1 aromatic carbocycles. The number of amides is 1. The fourth-order valence-corrected chi connectivity index (χ4v) is 1.67. The molecule has 0 saturated carbocycles. The summed E-state index contributed by atoms with van der Waals surface area (Å²) < 4.78 is 13.0. The van der Waals surface area contributed by atoms with Crippen molar-refractivity contribution in [2.24, 2.45) is 5.73 Å². The third-order valence-electron chi connectivity index (χ3n) is 2.66. The molecule has 0 radical (unpaired) electrons. The summed E-state index contributed by atoms with van der Waals surface area (Å²) in [6, 6.07) is 9.77. The lowest BCUT2D eigenvalue weighted by molar-refractivity contribution is 0.1000. The van der Waals surface area contributed by atoms with Crippen LogP contribution < -0.4 is 11.1 Å². The van der Waals surface area contributed by atoms with Crippen LogP contribution in [0.1, 0.15) is 15.9 Å². The molecule has 98 valence electrons. The molecule has 0 saturated heterocycles. The van der Waals surface area contributed by atoms with E-state index in [0.717, 1.165) is 5.56 Å². The summed E-state index contributed by atoms with van der Waals surface area (Å²) in [6.07, 6.45) is 2.11. The number of carbonyl (C=O) groups is 1. The standard InChI is InChI=1S/C14H14FN3O/c15-12-3-1-2-10(8-12)6-7-17-13-5-4-11(9-18-13)14(16)19/h1-5,8-9H,6-7H2,(H2,16,19)(H,17,18). The van der Waals surface area contributed by atoms with Crippen molar-refractivity contribution in [1.29, 1.82) is 0 Å². The van der Waals surface area contributed by atoms with E-state index in [1.54, 1.807) is 18.2 Å². The van der Waals surface area contributed by atoms with Gasteiger partial charge in [-0.2, -0.15) is 0 Å². The van der Waals surface area contributed by atoms with Crippen LogP contribution in [0.15, 0.2) is 42.6 Å². The number of hydrogen-bond acceptors (Lipinski definition) is 3. The Morgan fingerprint density at radius 3 is 2.79 bits per heavy atom. The average Bonchev–Trinajstić information content (AvgIpc) is 2.39.